The summed E-state index contributed by atoms with van der Waals surface area (Å²) in [7, 11) is 0. The molecule has 5 atom stereocenters. The predicted molar refractivity (Wildman–Crippen MR) is 118 cm³/mol. The van der Waals surface area contributed by atoms with Crippen molar-refractivity contribution in [1.29, 1.82) is 0 Å². The number of ether oxygens (including phenoxy) is 1. The molecule has 7 nitrogen and oxygen atoms in total. The highest BCUT2D eigenvalue weighted by Gasteiger charge is 2.71. The zero-order valence-electron chi connectivity index (χ0n) is 18.5. The van der Waals surface area contributed by atoms with Crippen LogP contribution in [0.25, 0.3) is 0 Å². The topological polar surface area (TPSA) is 87.2 Å². The number of aliphatic hydroxyl groups excluding tert-OH is 1. The summed E-state index contributed by atoms with van der Waals surface area (Å²) in [5.74, 6) is -1.79. The van der Waals surface area contributed by atoms with Crippen LogP contribution in [0.3, 0.4) is 0 Å². The number of carbonyl (C=O) groups is 3. The van der Waals surface area contributed by atoms with Crippen molar-refractivity contribution in [2.45, 2.75) is 61.6 Å². The smallest absolute Gasteiger partial charge is 0.311 e. The first-order valence-corrected chi connectivity index (χ1v) is 12.0. The van der Waals surface area contributed by atoms with Gasteiger partial charge in [0.15, 0.2) is 0 Å². The Balaban J connectivity index is 1.80. The molecule has 4 heterocycles. The van der Waals surface area contributed by atoms with Crippen LogP contribution in [0, 0.1) is 11.8 Å². The fourth-order valence-corrected chi connectivity index (χ4v) is 7.35. The van der Waals surface area contributed by atoms with E-state index in [1.807, 2.05) is 50.0 Å². The van der Waals surface area contributed by atoms with Crippen LogP contribution in [-0.2, 0) is 19.1 Å². The van der Waals surface area contributed by atoms with E-state index in [0.717, 1.165) is 0 Å². The number of unbranched alkanes of at least 4 members (excludes halogenated alkanes) is 1. The molecule has 0 aromatic rings. The third-order valence-corrected chi connectivity index (χ3v) is 8.48. The van der Waals surface area contributed by atoms with Crippen molar-refractivity contribution >= 4 is 29.5 Å². The summed E-state index contributed by atoms with van der Waals surface area (Å²) >= 11 is 1.57. The number of rotatable bonds is 4. The van der Waals surface area contributed by atoms with Crippen molar-refractivity contribution in [2.24, 2.45) is 11.8 Å². The second-order valence-electron chi connectivity index (χ2n) is 9.71. The Labute approximate surface area is 187 Å². The van der Waals surface area contributed by atoms with Gasteiger partial charge in [-0.2, -0.15) is 0 Å². The molecule has 4 aliphatic rings. The summed E-state index contributed by atoms with van der Waals surface area (Å²) in [5, 5.41) is 9.04. The van der Waals surface area contributed by atoms with Crippen LogP contribution in [0.5, 0.6) is 0 Å². The summed E-state index contributed by atoms with van der Waals surface area (Å²) in [6.45, 7) is 7.21. The minimum Gasteiger partial charge on any atom is -0.465 e. The average Bonchev–Trinajstić information content (AvgIpc) is 3.05. The van der Waals surface area contributed by atoms with Gasteiger partial charge in [0.25, 0.3) is 0 Å². The lowest BCUT2D eigenvalue weighted by Crippen LogP contribution is -2.57. The number of hydrogen-bond acceptors (Lipinski definition) is 6. The standard InChI is InChI=1S/C23H32N2O5S/c1-22(2,3)25-12-8-10-23-17(16-15(31-23)9-4-7-14-30-21(16)29)19(27)24(11-5-6-13-26)18(23)20(25)28/h4,8-10,15-18,26H,5-7,11-14H2,1-3H3/t15-,16+,17+,18?,23+/m1/s1. The van der Waals surface area contributed by atoms with Crippen molar-refractivity contribution in [3.8, 4) is 0 Å². The first kappa shape index (κ1) is 22.4. The van der Waals surface area contributed by atoms with Gasteiger partial charge in [0.1, 0.15) is 6.04 Å². The van der Waals surface area contributed by atoms with Crippen molar-refractivity contribution in [3.05, 3.63) is 24.3 Å². The fraction of sp³-hybridized carbons (Fsp3) is 0.696. The SMILES string of the molecule is CC(C)(C)N1CC=C[C@]23S[C@@H]4C=CCCOC(=O)[C@@H]4[C@H]2C(=O)N(CCCCO)C3C1=O. The molecule has 8 heteroatoms. The van der Waals surface area contributed by atoms with Crippen molar-refractivity contribution < 1.29 is 24.2 Å². The van der Waals surface area contributed by atoms with Gasteiger partial charge in [-0.25, -0.2) is 0 Å². The Morgan fingerprint density at radius 1 is 1.19 bits per heavy atom. The molecule has 0 radical (unpaired) electrons. The number of cyclic esters (lactones) is 1. The normalized spacial score (nSPS) is 35.3. The summed E-state index contributed by atoms with van der Waals surface area (Å²) < 4.78 is 4.67. The van der Waals surface area contributed by atoms with Crippen LogP contribution < -0.4 is 0 Å². The molecule has 0 aliphatic carbocycles. The Bertz CT molecular complexity index is 819. The number of likely N-dealkylation sites (tertiary alicyclic amines) is 1. The number of hydrogen-bond donors (Lipinski definition) is 1. The summed E-state index contributed by atoms with van der Waals surface area (Å²) in [5.41, 5.74) is -0.394. The van der Waals surface area contributed by atoms with Crippen LogP contribution in [0.15, 0.2) is 24.3 Å². The summed E-state index contributed by atoms with van der Waals surface area (Å²) in [6, 6.07) is -0.666. The second-order valence-corrected chi connectivity index (χ2v) is 11.2. The molecule has 0 bridgehead atoms. The number of fused-ring (bicyclic) bond motifs is 2. The zero-order chi connectivity index (χ0) is 22.4. The van der Waals surface area contributed by atoms with Crippen molar-refractivity contribution in [1.82, 2.24) is 9.80 Å². The molecule has 0 saturated carbocycles. The average molecular weight is 449 g/mol. The van der Waals surface area contributed by atoms with Gasteiger partial charge < -0.3 is 19.6 Å². The van der Waals surface area contributed by atoms with Gasteiger partial charge in [0.05, 0.1) is 23.2 Å². The van der Waals surface area contributed by atoms with E-state index >= 15 is 0 Å². The third-order valence-electron chi connectivity index (χ3n) is 6.74. The molecule has 2 amide bonds. The maximum atomic E-state index is 13.9. The second kappa shape index (κ2) is 8.28. The number of nitrogens with zero attached hydrogens (tertiary/aromatic N) is 2. The minimum atomic E-state index is -0.795. The molecule has 1 N–H and O–H groups in total. The Morgan fingerprint density at radius 3 is 2.68 bits per heavy atom. The molecule has 2 saturated heterocycles. The van der Waals surface area contributed by atoms with E-state index in [9.17, 15) is 19.5 Å². The number of thioether (sulfide) groups is 1. The number of carbonyl (C=O) groups excluding carboxylic acids is 3. The van der Waals surface area contributed by atoms with Gasteiger partial charge in [-0.15, -0.1) is 11.8 Å². The number of aliphatic hydroxyl groups is 1. The Hall–Kier alpha value is -1.80. The lowest BCUT2D eigenvalue weighted by Gasteiger charge is -2.40. The van der Waals surface area contributed by atoms with Gasteiger partial charge in [-0.1, -0.05) is 24.3 Å². The molecule has 31 heavy (non-hydrogen) atoms. The van der Waals surface area contributed by atoms with Crippen LogP contribution in [0.2, 0.25) is 0 Å². The quantitative estimate of drug-likeness (QED) is 0.401. The van der Waals surface area contributed by atoms with Gasteiger partial charge in [-0.3, -0.25) is 14.4 Å². The zero-order valence-corrected chi connectivity index (χ0v) is 19.3. The molecule has 2 fully saturated rings. The van der Waals surface area contributed by atoms with E-state index in [4.69, 9.17) is 4.74 Å². The van der Waals surface area contributed by atoms with E-state index in [1.165, 1.54) is 0 Å². The number of amides is 2. The molecular formula is C23H32N2O5S. The fourth-order valence-electron chi connectivity index (χ4n) is 5.34. The van der Waals surface area contributed by atoms with Gasteiger partial charge in [0.2, 0.25) is 11.8 Å². The number of esters is 1. The van der Waals surface area contributed by atoms with Crippen molar-refractivity contribution in [3.63, 3.8) is 0 Å². The van der Waals surface area contributed by atoms with Gasteiger partial charge in [-0.05, 0) is 40.0 Å². The molecule has 0 aromatic carbocycles. The first-order chi connectivity index (χ1) is 14.7. The lowest BCUT2D eigenvalue weighted by atomic mass is 9.78. The summed E-state index contributed by atoms with van der Waals surface area (Å²) in [4.78, 5) is 44.2. The highest BCUT2D eigenvalue weighted by atomic mass is 32.2. The van der Waals surface area contributed by atoms with E-state index in [2.05, 4.69) is 0 Å². The molecule has 0 aromatic heterocycles. The van der Waals surface area contributed by atoms with Gasteiger partial charge >= 0.3 is 5.97 Å². The molecule has 4 aliphatic heterocycles. The highest BCUT2D eigenvalue weighted by Crippen LogP contribution is 2.61. The molecular weight excluding hydrogens is 416 g/mol. The van der Waals surface area contributed by atoms with Gasteiger partial charge in [0, 0.05) is 30.5 Å². The maximum Gasteiger partial charge on any atom is 0.311 e. The predicted octanol–water partition coefficient (Wildman–Crippen LogP) is 1.76. The summed E-state index contributed by atoms with van der Waals surface area (Å²) in [6.07, 6.45) is 9.87. The molecule has 170 valence electrons. The van der Waals surface area contributed by atoms with E-state index < -0.39 is 28.2 Å². The first-order valence-electron chi connectivity index (χ1n) is 11.1. The van der Waals surface area contributed by atoms with Crippen LogP contribution in [-0.4, -0.2) is 80.6 Å². The van der Waals surface area contributed by atoms with E-state index in [0.29, 0.717) is 39.0 Å². The Kier molecular flexibility index (Phi) is 5.98. The molecule has 1 spiro atoms. The lowest BCUT2D eigenvalue weighted by molar-refractivity contribution is -0.153. The third kappa shape index (κ3) is 3.61. The van der Waals surface area contributed by atoms with Crippen LogP contribution in [0.4, 0.5) is 0 Å². The molecule has 1 unspecified atom stereocenters. The highest BCUT2D eigenvalue weighted by molar-refractivity contribution is 8.02. The van der Waals surface area contributed by atoms with Crippen molar-refractivity contribution in [2.75, 3.05) is 26.3 Å². The minimum absolute atomic E-state index is 0.0415. The Morgan fingerprint density at radius 2 is 1.97 bits per heavy atom. The van der Waals surface area contributed by atoms with Crippen LogP contribution in [0.1, 0.15) is 40.0 Å². The van der Waals surface area contributed by atoms with E-state index in [-0.39, 0.29) is 29.6 Å². The largest absolute Gasteiger partial charge is 0.465 e. The molecule has 4 rings (SSSR count). The van der Waals surface area contributed by atoms with Crippen LogP contribution >= 0.6 is 11.8 Å². The van der Waals surface area contributed by atoms with E-state index in [1.54, 1.807) is 16.7 Å². The maximum absolute atomic E-state index is 13.9. The monoisotopic (exact) mass is 448 g/mol.